The SMILES string of the molecule is COc1cc(-c2cn(C)c(=O)c(C)c2C)cc(OC)c1CN1CCN(Cc2cccc3c2CCN(C(=O)/C(C#N)=C/C2(CF)CC2)C3C)C2(CC2)C1. The van der Waals surface area contributed by atoms with Crippen LogP contribution < -0.4 is 15.0 Å². The van der Waals surface area contributed by atoms with Crippen LogP contribution in [0.15, 0.2) is 53.0 Å². The zero-order valence-corrected chi connectivity index (χ0v) is 31.4. The molecule has 10 heteroatoms. The van der Waals surface area contributed by atoms with Gasteiger partial charge in [0.15, 0.2) is 0 Å². The first-order chi connectivity index (χ1) is 25.0. The zero-order valence-electron chi connectivity index (χ0n) is 31.4. The van der Waals surface area contributed by atoms with Crippen molar-refractivity contribution in [2.24, 2.45) is 12.5 Å². The summed E-state index contributed by atoms with van der Waals surface area (Å²) < 4.78 is 27.2. The second kappa shape index (κ2) is 13.8. The maximum absolute atomic E-state index is 13.6. The first-order valence-electron chi connectivity index (χ1n) is 18.5. The summed E-state index contributed by atoms with van der Waals surface area (Å²) in [5.41, 5.74) is 7.96. The van der Waals surface area contributed by atoms with E-state index >= 15 is 0 Å². The van der Waals surface area contributed by atoms with Crippen molar-refractivity contribution in [1.82, 2.24) is 19.3 Å². The average Bonchev–Trinajstić information content (AvgIpc) is 4.10. The predicted molar refractivity (Wildman–Crippen MR) is 199 cm³/mol. The van der Waals surface area contributed by atoms with Crippen LogP contribution in [0.4, 0.5) is 4.39 Å². The number of aryl methyl sites for hydroxylation is 1. The lowest BCUT2D eigenvalue weighted by atomic mass is 9.88. The Labute approximate surface area is 306 Å². The van der Waals surface area contributed by atoms with E-state index in [1.165, 1.54) is 11.1 Å². The largest absolute Gasteiger partial charge is 0.496 e. The van der Waals surface area contributed by atoms with Crippen LogP contribution in [0.3, 0.4) is 0 Å². The summed E-state index contributed by atoms with van der Waals surface area (Å²) in [6, 6.07) is 12.5. The molecule has 0 N–H and O–H groups in total. The molecule has 7 rings (SSSR count). The number of carbonyl (C=O) groups is 1. The van der Waals surface area contributed by atoms with E-state index in [0.717, 1.165) is 90.3 Å². The van der Waals surface area contributed by atoms with Gasteiger partial charge in [0.2, 0.25) is 0 Å². The molecule has 3 heterocycles. The Morgan fingerprint density at radius 3 is 2.37 bits per heavy atom. The lowest BCUT2D eigenvalue weighted by molar-refractivity contribution is -0.129. The normalized spacial score (nSPS) is 20.7. The van der Waals surface area contributed by atoms with Gasteiger partial charge in [-0.1, -0.05) is 24.3 Å². The van der Waals surface area contributed by atoms with Gasteiger partial charge in [-0.3, -0.25) is 23.8 Å². The monoisotopic (exact) mass is 707 g/mol. The third-order valence-electron chi connectivity index (χ3n) is 12.3. The van der Waals surface area contributed by atoms with Gasteiger partial charge in [-0.2, -0.15) is 5.26 Å². The molecular formula is C42H50FN5O4. The highest BCUT2D eigenvalue weighted by Crippen LogP contribution is 2.49. The minimum atomic E-state index is -0.625. The maximum Gasteiger partial charge on any atom is 0.264 e. The molecule has 4 aliphatic rings. The van der Waals surface area contributed by atoms with Gasteiger partial charge in [0.05, 0.1) is 32.5 Å². The minimum Gasteiger partial charge on any atom is -0.496 e. The van der Waals surface area contributed by atoms with E-state index in [2.05, 4.69) is 46.2 Å². The lowest BCUT2D eigenvalue weighted by Crippen LogP contribution is -2.54. The number of rotatable bonds is 10. The summed E-state index contributed by atoms with van der Waals surface area (Å²) in [5.74, 6) is 1.26. The van der Waals surface area contributed by atoms with Crippen LogP contribution in [-0.2, 0) is 31.4 Å². The molecule has 1 atom stereocenters. The number of methoxy groups -OCH3 is 2. The number of ether oxygens (including phenoxy) is 2. The molecule has 274 valence electrons. The molecule has 2 saturated carbocycles. The highest BCUT2D eigenvalue weighted by Gasteiger charge is 2.51. The molecule has 2 aromatic carbocycles. The number of piperazine rings is 1. The number of benzene rings is 2. The molecule has 0 radical (unpaired) electrons. The molecule has 0 bridgehead atoms. The summed E-state index contributed by atoms with van der Waals surface area (Å²) in [6.45, 7) is 10.3. The van der Waals surface area contributed by atoms with Crippen LogP contribution in [0.5, 0.6) is 11.5 Å². The van der Waals surface area contributed by atoms with E-state index in [0.29, 0.717) is 25.9 Å². The third kappa shape index (κ3) is 6.43. The van der Waals surface area contributed by atoms with Crippen molar-refractivity contribution in [1.29, 1.82) is 5.26 Å². The number of amides is 1. The number of carbonyl (C=O) groups excluding carboxylic acids is 1. The van der Waals surface area contributed by atoms with Crippen molar-refractivity contribution in [2.45, 2.75) is 77.5 Å². The van der Waals surface area contributed by atoms with Crippen LogP contribution in [0.1, 0.15) is 72.0 Å². The molecule has 1 amide bonds. The van der Waals surface area contributed by atoms with Gasteiger partial charge in [0.1, 0.15) is 23.1 Å². The van der Waals surface area contributed by atoms with Crippen LogP contribution in [0, 0.1) is 30.6 Å². The first-order valence-corrected chi connectivity index (χ1v) is 18.5. The molecule has 9 nitrogen and oxygen atoms in total. The number of fused-ring (bicyclic) bond motifs is 1. The van der Waals surface area contributed by atoms with Crippen LogP contribution in [0.25, 0.3) is 11.1 Å². The Kier molecular flexibility index (Phi) is 9.55. The molecule has 52 heavy (non-hydrogen) atoms. The molecule has 2 aliphatic carbocycles. The van der Waals surface area contributed by atoms with Crippen molar-refractivity contribution in [3.63, 3.8) is 0 Å². The summed E-state index contributed by atoms with van der Waals surface area (Å²) >= 11 is 0. The fourth-order valence-electron chi connectivity index (χ4n) is 8.54. The number of allylic oxidation sites excluding steroid dienone is 1. The van der Waals surface area contributed by atoms with Gasteiger partial charge in [-0.05, 0) is 92.8 Å². The standard InChI is InChI=1S/C42H50FN5O4/c1-27-28(2)39(49)45(4)23-35(27)31-18-37(51-5)36(38(19-31)52-6)24-46-16-17-47(42(26-46)13-14-42)22-30-8-7-9-33-29(3)48(15-10-34(30)33)40(50)32(21-44)20-41(25-43)11-12-41/h7-9,18-20,23,29H,10-17,22,24-26H2,1-6H3/b32-20+. The zero-order chi connectivity index (χ0) is 36.9. The fourth-order valence-corrected chi connectivity index (χ4v) is 8.54. The summed E-state index contributed by atoms with van der Waals surface area (Å²) in [5, 5.41) is 9.80. The van der Waals surface area contributed by atoms with E-state index in [4.69, 9.17) is 9.47 Å². The quantitative estimate of drug-likeness (QED) is 0.184. The first kappa shape index (κ1) is 35.9. The van der Waals surface area contributed by atoms with Crippen LogP contribution >= 0.6 is 0 Å². The van der Waals surface area contributed by atoms with Gasteiger partial charge < -0.3 is 18.9 Å². The highest BCUT2D eigenvalue weighted by molar-refractivity contribution is 5.98. The Bertz CT molecular complexity index is 2010. The topological polar surface area (TPSA) is 91.0 Å². The maximum atomic E-state index is 13.6. The molecule has 3 fully saturated rings. The summed E-state index contributed by atoms with van der Waals surface area (Å²) in [4.78, 5) is 33.0. The number of pyridine rings is 1. The lowest BCUT2D eigenvalue weighted by Gasteiger charge is -2.43. The Morgan fingerprint density at radius 2 is 1.75 bits per heavy atom. The number of halogens is 1. The number of nitrogens with zero attached hydrogens (tertiary/aromatic N) is 5. The molecule has 1 unspecified atom stereocenters. The van der Waals surface area contributed by atoms with Gasteiger partial charge in [-0.25, -0.2) is 0 Å². The van der Waals surface area contributed by atoms with Crippen molar-refractivity contribution in [3.05, 3.63) is 91.9 Å². The van der Waals surface area contributed by atoms with E-state index in [1.807, 2.05) is 27.0 Å². The average molecular weight is 708 g/mol. The third-order valence-corrected chi connectivity index (χ3v) is 12.3. The molecule has 1 spiro atoms. The molecular weight excluding hydrogens is 657 g/mol. The summed E-state index contributed by atoms with van der Waals surface area (Å²) in [6.07, 6.45) is 7.88. The van der Waals surface area contributed by atoms with Gasteiger partial charge in [0.25, 0.3) is 11.5 Å². The number of nitriles is 1. The van der Waals surface area contributed by atoms with E-state index < -0.39 is 12.1 Å². The van der Waals surface area contributed by atoms with Crippen molar-refractivity contribution >= 4 is 5.91 Å². The number of aromatic nitrogens is 1. The predicted octanol–water partition coefficient (Wildman–Crippen LogP) is 6.18. The fraction of sp³-hybridized carbons (Fsp3) is 0.500. The minimum absolute atomic E-state index is 0.00601. The molecule has 2 aliphatic heterocycles. The molecule has 1 aromatic heterocycles. The van der Waals surface area contributed by atoms with Gasteiger partial charge in [0, 0.05) is 74.6 Å². The second-order valence-electron chi connectivity index (χ2n) is 15.5. The summed E-state index contributed by atoms with van der Waals surface area (Å²) in [7, 11) is 5.18. The Hall–Kier alpha value is -4.46. The highest BCUT2D eigenvalue weighted by atomic mass is 19.1. The van der Waals surface area contributed by atoms with Crippen LogP contribution in [-0.4, -0.2) is 77.8 Å². The second-order valence-corrected chi connectivity index (χ2v) is 15.5. The van der Waals surface area contributed by atoms with Crippen molar-refractivity contribution < 1.29 is 18.7 Å². The Balaban J connectivity index is 1.06. The number of hydrogen-bond acceptors (Lipinski definition) is 7. The Morgan fingerprint density at radius 1 is 1.04 bits per heavy atom. The van der Waals surface area contributed by atoms with Crippen LogP contribution in [0.2, 0.25) is 0 Å². The van der Waals surface area contributed by atoms with E-state index in [9.17, 15) is 19.2 Å². The van der Waals surface area contributed by atoms with Crippen molar-refractivity contribution in [3.8, 4) is 28.7 Å². The number of alkyl halides is 1. The van der Waals surface area contributed by atoms with E-state index in [-0.39, 0.29) is 28.6 Å². The molecule has 1 saturated heterocycles. The van der Waals surface area contributed by atoms with Gasteiger partial charge >= 0.3 is 0 Å². The number of hydrogen-bond donors (Lipinski definition) is 0. The van der Waals surface area contributed by atoms with Crippen molar-refractivity contribution in [2.75, 3.05) is 47.1 Å². The molecule has 3 aromatic rings. The van der Waals surface area contributed by atoms with E-state index in [1.54, 1.807) is 36.8 Å². The van der Waals surface area contributed by atoms with Gasteiger partial charge in [-0.15, -0.1) is 0 Å². The smallest absolute Gasteiger partial charge is 0.264 e.